The third kappa shape index (κ3) is 4.75. The minimum atomic E-state index is -4.69. The fraction of sp³-hybridized carbons (Fsp3) is 0.350. The number of benzene rings is 2. The fourth-order valence-electron chi connectivity index (χ4n) is 2.81. The Hall–Kier alpha value is -2.48. The molecule has 0 fully saturated rings. The topological polar surface area (TPSA) is 114 Å². The van der Waals surface area contributed by atoms with E-state index in [9.17, 15) is 22.4 Å². The summed E-state index contributed by atoms with van der Waals surface area (Å²) in [6.07, 6.45) is 1.55. The van der Waals surface area contributed by atoms with Gasteiger partial charge in [0.1, 0.15) is 10.6 Å². The second-order valence-electron chi connectivity index (χ2n) is 6.79. The molecule has 2 rings (SSSR count). The molecule has 0 atom stereocenters. The van der Waals surface area contributed by atoms with Crippen LogP contribution in [0.5, 0.6) is 5.75 Å². The van der Waals surface area contributed by atoms with Gasteiger partial charge in [0, 0.05) is 0 Å². The highest BCUT2D eigenvalue weighted by atomic mass is 32.3. The van der Waals surface area contributed by atoms with Gasteiger partial charge in [0.15, 0.2) is 0 Å². The van der Waals surface area contributed by atoms with Gasteiger partial charge in [0.25, 0.3) is 19.7 Å². The summed E-state index contributed by atoms with van der Waals surface area (Å²) in [5.41, 5.74) is 11.2. The number of nitrogens with zero attached hydrogens (tertiary/aromatic N) is 2. The van der Waals surface area contributed by atoms with Gasteiger partial charge in [-0.3, -0.25) is 0 Å². The maximum atomic E-state index is 13.2. The van der Waals surface area contributed by atoms with Crippen LogP contribution in [0.4, 0.5) is 0 Å². The first kappa shape index (κ1) is 22.8. The zero-order chi connectivity index (χ0) is 21.8. The molecule has 0 saturated carbocycles. The molecule has 0 radical (unpaired) electrons. The monoisotopic (exact) mass is 436 g/mol. The van der Waals surface area contributed by atoms with E-state index >= 15 is 0 Å². The van der Waals surface area contributed by atoms with Crippen LogP contribution in [-0.4, -0.2) is 32.6 Å². The van der Waals surface area contributed by atoms with Crippen molar-refractivity contribution >= 4 is 24.1 Å². The second kappa shape index (κ2) is 8.90. The average molecular weight is 437 g/mol. The molecule has 0 saturated heterocycles. The summed E-state index contributed by atoms with van der Waals surface area (Å²) in [6, 6.07) is 8.90. The molecule has 0 aromatic heterocycles. The van der Waals surface area contributed by atoms with Crippen molar-refractivity contribution in [3.8, 4) is 5.75 Å². The molecule has 0 amide bonds. The smallest absolute Gasteiger partial charge is 0.492 e. The number of sulfone groups is 2. The highest BCUT2D eigenvalue weighted by Gasteiger charge is 2.46. The van der Waals surface area contributed by atoms with Crippen LogP contribution in [0.2, 0.25) is 0 Å². The van der Waals surface area contributed by atoms with Gasteiger partial charge in [-0.2, -0.15) is 0 Å². The van der Waals surface area contributed by atoms with Crippen LogP contribution in [0, 0.1) is 20.8 Å². The lowest BCUT2D eigenvalue weighted by molar-refractivity contribution is 0.00378. The minimum absolute atomic E-state index is 0.0148. The number of hydrogen-bond acceptors (Lipinski definition) is 5. The van der Waals surface area contributed by atoms with Gasteiger partial charge in [0.05, 0.1) is 11.5 Å². The maximum absolute atomic E-state index is 13.2. The lowest BCUT2D eigenvalue weighted by Crippen LogP contribution is -2.27. The molecule has 0 aliphatic heterocycles. The predicted molar refractivity (Wildman–Crippen MR) is 110 cm³/mol. The largest absolute Gasteiger partial charge is 0.504 e. The van der Waals surface area contributed by atoms with Crippen LogP contribution in [0.25, 0.3) is 5.53 Å². The van der Waals surface area contributed by atoms with Crippen molar-refractivity contribution in [3.63, 3.8) is 0 Å². The molecular formula is C20H24N2O5S2. The molecule has 0 N–H and O–H groups in total. The summed E-state index contributed by atoms with van der Waals surface area (Å²) in [7, 11) is -9.29. The van der Waals surface area contributed by atoms with Gasteiger partial charge >= 0.3 is 4.38 Å². The highest BCUT2D eigenvalue weighted by molar-refractivity contribution is 8.31. The molecule has 2 aromatic carbocycles. The molecular weight excluding hydrogens is 412 g/mol. The van der Waals surface area contributed by atoms with E-state index in [4.69, 9.17) is 4.74 Å². The van der Waals surface area contributed by atoms with E-state index in [1.165, 1.54) is 18.2 Å². The third-order valence-electron chi connectivity index (χ3n) is 4.31. The van der Waals surface area contributed by atoms with Gasteiger partial charge in [-0.25, -0.2) is 16.8 Å². The molecule has 29 heavy (non-hydrogen) atoms. The Bertz CT molecular complexity index is 1180. The number of rotatable bonds is 6. The van der Waals surface area contributed by atoms with E-state index < -0.39 is 24.1 Å². The van der Waals surface area contributed by atoms with Gasteiger partial charge in [-0.1, -0.05) is 37.1 Å². The Kier molecular flexibility index (Phi) is 7.00. The van der Waals surface area contributed by atoms with Crippen molar-refractivity contribution in [2.24, 2.45) is 0 Å². The van der Waals surface area contributed by atoms with E-state index in [0.29, 0.717) is 17.5 Å². The van der Waals surface area contributed by atoms with Gasteiger partial charge in [-0.15, -0.1) is 4.79 Å². The number of aryl methyl sites for hydroxylation is 3. The molecule has 7 nitrogen and oxygen atoms in total. The quantitative estimate of drug-likeness (QED) is 0.225. The normalized spacial score (nSPS) is 11.7. The molecule has 0 aliphatic rings. The first-order valence-electron chi connectivity index (χ1n) is 9.08. The van der Waals surface area contributed by atoms with Crippen LogP contribution in [-0.2, 0) is 19.7 Å². The van der Waals surface area contributed by atoms with E-state index in [1.807, 2.05) is 6.92 Å². The zero-order valence-electron chi connectivity index (χ0n) is 16.8. The van der Waals surface area contributed by atoms with Gasteiger partial charge < -0.3 is 10.3 Å². The third-order valence-corrected chi connectivity index (χ3v) is 8.64. The standard InChI is InChI=1S/C20H24N2O5S2/c1-5-6-11-27-17-9-7-15(3)13-19(17)29(25,26)20(22-21)28(23,24)18-10-8-14(2)12-16(18)4/h7-10,12-13H,5-6,11H2,1-4H3. The zero-order valence-corrected chi connectivity index (χ0v) is 18.5. The van der Waals surface area contributed by atoms with Crippen LogP contribution in [0.1, 0.15) is 36.5 Å². The summed E-state index contributed by atoms with van der Waals surface area (Å²) >= 11 is 0. The molecule has 156 valence electrons. The van der Waals surface area contributed by atoms with Crippen molar-refractivity contribution < 1.29 is 26.4 Å². The van der Waals surface area contributed by atoms with E-state index in [-0.39, 0.29) is 22.1 Å². The number of ether oxygens (including phenoxy) is 1. The Balaban J connectivity index is 2.65. The molecule has 0 unspecified atom stereocenters. The minimum Gasteiger partial charge on any atom is -0.492 e. The van der Waals surface area contributed by atoms with Crippen LogP contribution < -0.4 is 4.74 Å². The molecule has 0 aliphatic carbocycles. The number of unbranched alkanes of at least 4 members (excludes halogenated alkanes) is 1. The molecule has 0 bridgehead atoms. The first-order valence-corrected chi connectivity index (χ1v) is 12.0. The van der Waals surface area contributed by atoms with Crippen LogP contribution in [0.15, 0.2) is 46.2 Å². The molecule has 0 heterocycles. The summed E-state index contributed by atoms with van der Waals surface area (Å²) in [6.45, 7) is 7.24. The summed E-state index contributed by atoms with van der Waals surface area (Å²) in [5, 5.41) is 0. The predicted octanol–water partition coefficient (Wildman–Crippen LogP) is 3.62. The van der Waals surface area contributed by atoms with Gasteiger partial charge in [-0.05, 0) is 56.5 Å². The SMILES string of the molecule is CCCCOc1ccc(C)cc1S(=O)(=O)C(=[N+]=[N-])S(=O)(=O)c1ccc(C)cc1C. The molecule has 9 heteroatoms. The Labute approximate surface area is 171 Å². The maximum Gasteiger partial charge on any atom is 0.504 e. The summed E-state index contributed by atoms with van der Waals surface area (Å²) in [4.78, 5) is 2.11. The Morgan fingerprint density at radius 1 is 0.931 bits per heavy atom. The fourth-order valence-corrected chi connectivity index (χ4v) is 6.56. The van der Waals surface area contributed by atoms with Crippen molar-refractivity contribution in [2.45, 2.75) is 50.3 Å². The van der Waals surface area contributed by atoms with Crippen molar-refractivity contribution in [1.29, 1.82) is 0 Å². The van der Waals surface area contributed by atoms with Gasteiger partial charge in [0.2, 0.25) is 0 Å². The second-order valence-corrected chi connectivity index (χ2v) is 10.7. The Morgan fingerprint density at radius 2 is 1.52 bits per heavy atom. The number of hydrogen-bond donors (Lipinski definition) is 0. The van der Waals surface area contributed by atoms with Crippen LogP contribution in [0.3, 0.4) is 0 Å². The lowest BCUT2D eigenvalue weighted by Gasteiger charge is -2.12. The van der Waals surface area contributed by atoms with Crippen molar-refractivity contribution in [1.82, 2.24) is 0 Å². The van der Waals surface area contributed by atoms with E-state index in [1.54, 1.807) is 39.0 Å². The van der Waals surface area contributed by atoms with Crippen molar-refractivity contribution in [2.75, 3.05) is 6.61 Å². The van der Waals surface area contributed by atoms with E-state index in [2.05, 4.69) is 4.79 Å². The van der Waals surface area contributed by atoms with Crippen molar-refractivity contribution in [3.05, 3.63) is 58.6 Å². The molecule has 0 spiro atoms. The Morgan fingerprint density at radius 3 is 2.10 bits per heavy atom. The summed E-state index contributed by atoms with van der Waals surface area (Å²) in [5.74, 6) is 0.0148. The lowest BCUT2D eigenvalue weighted by atomic mass is 10.2. The summed E-state index contributed by atoms with van der Waals surface area (Å²) < 4.78 is 56.8. The van der Waals surface area contributed by atoms with Crippen LogP contribution >= 0.6 is 0 Å². The highest BCUT2D eigenvalue weighted by Crippen LogP contribution is 2.30. The molecule has 2 aromatic rings. The first-order chi connectivity index (χ1) is 13.6. The van der Waals surface area contributed by atoms with E-state index in [0.717, 1.165) is 12.0 Å². The average Bonchev–Trinajstić information content (AvgIpc) is 2.62.